The van der Waals surface area contributed by atoms with Crippen molar-refractivity contribution < 1.29 is 0 Å². The molecule has 1 N–H and O–H groups in total. The molecule has 0 aliphatic heterocycles. The van der Waals surface area contributed by atoms with Crippen LogP contribution >= 0.6 is 11.3 Å². The third-order valence-corrected chi connectivity index (χ3v) is 3.75. The zero-order valence-electron chi connectivity index (χ0n) is 11.3. The lowest BCUT2D eigenvalue weighted by atomic mass is 10.2. The molecule has 0 bridgehead atoms. The number of hydrogen-bond acceptors (Lipinski definition) is 3. The molecule has 0 spiro atoms. The SMILES string of the molecule is Cc1ncc(CNCC(C)C)n1Cc1cccs1. The molecule has 0 aromatic carbocycles. The normalized spacial score (nSPS) is 11.3. The van der Waals surface area contributed by atoms with Crippen LogP contribution < -0.4 is 5.32 Å². The van der Waals surface area contributed by atoms with E-state index in [2.05, 4.69) is 53.2 Å². The average Bonchev–Trinajstić information content (AvgIpc) is 2.93. The maximum absolute atomic E-state index is 4.42. The highest BCUT2D eigenvalue weighted by molar-refractivity contribution is 7.09. The van der Waals surface area contributed by atoms with Gasteiger partial charge in [-0.1, -0.05) is 19.9 Å². The number of rotatable bonds is 6. The van der Waals surface area contributed by atoms with Crippen molar-refractivity contribution in [1.29, 1.82) is 0 Å². The molecule has 0 unspecified atom stereocenters. The Hall–Kier alpha value is -1.13. The lowest BCUT2D eigenvalue weighted by Gasteiger charge is -2.11. The van der Waals surface area contributed by atoms with Gasteiger partial charge in [0.2, 0.25) is 0 Å². The highest BCUT2D eigenvalue weighted by Gasteiger charge is 2.07. The van der Waals surface area contributed by atoms with Crippen molar-refractivity contribution in [1.82, 2.24) is 14.9 Å². The fourth-order valence-corrected chi connectivity index (χ4v) is 2.61. The molecule has 2 heterocycles. The molecule has 18 heavy (non-hydrogen) atoms. The molecule has 2 aromatic heterocycles. The Kier molecular flexibility index (Phi) is 4.55. The summed E-state index contributed by atoms with van der Waals surface area (Å²) in [6, 6.07) is 4.28. The van der Waals surface area contributed by atoms with Crippen molar-refractivity contribution in [2.45, 2.75) is 33.9 Å². The average molecular weight is 263 g/mol. The molecule has 0 saturated heterocycles. The molecular weight excluding hydrogens is 242 g/mol. The van der Waals surface area contributed by atoms with Gasteiger partial charge < -0.3 is 9.88 Å². The van der Waals surface area contributed by atoms with Crippen LogP contribution in [-0.2, 0) is 13.1 Å². The van der Waals surface area contributed by atoms with Crippen molar-refractivity contribution >= 4 is 11.3 Å². The summed E-state index contributed by atoms with van der Waals surface area (Å²) >= 11 is 1.80. The highest BCUT2D eigenvalue weighted by atomic mass is 32.1. The van der Waals surface area contributed by atoms with Gasteiger partial charge in [0.15, 0.2) is 0 Å². The first-order valence-corrected chi connectivity index (χ1v) is 7.29. The van der Waals surface area contributed by atoms with E-state index in [9.17, 15) is 0 Å². The maximum Gasteiger partial charge on any atom is 0.106 e. The zero-order chi connectivity index (χ0) is 13.0. The molecule has 0 radical (unpaired) electrons. The van der Waals surface area contributed by atoms with Crippen LogP contribution in [0.2, 0.25) is 0 Å². The van der Waals surface area contributed by atoms with Crippen LogP contribution in [0.3, 0.4) is 0 Å². The lowest BCUT2D eigenvalue weighted by Crippen LogP contribution is -2.21. The van der Waals surface area contributed by atoms with Gasteiger partial charge in [0.05, 0.1) is 12.2 Å². The van der Waals surface area contributed by atoms with E-state index in [1.54, 1.807) is 11.3 Å². The van der Waals surface area contributed by atoms with Crippen LogP contribution in [0.4, 0.5) is 0 Å². The van der Waals surface area contributed by atoms with E-state index in [4.69, 9.17) is 0 Å². The van der Waals surface area contributed by atoms with Gasteiger partial charge in [-0.15, -0.1) is 11.3 Å². The summed E-state index contributed by atoms with van der Waals surface area (Å²) in [6.45, 7) is 9.39. The first kappa shape index (κ1) is 13.3. The van der Waals surface area contributed by atoms with Crippen molar-refractivity contribution in [3.05, 3.63) is 40.1 Å². The minimum atomic E-state index is 0.680. The Morgan fingerprint density at radius 1 is 1.44 bits per heavy atom. The van der Waals surface area contributed by atoms with E-state index in [1.165, 1.54) is 10.6 Å². The van der Waals surface area contributed by atoms with E-state index in [0.717, 1.165) is 25.5 Å². The van der Waals surface area contributed by atoms with Gasteiger partial charge >= 0.3 is 0 Å². The van der Waals surface area contributed by atoms with Gasteiger partial charge in [-0.2, -0.15) is 0 Å². The zero-order valence-corrected chi connectivity index (χ0v) is 12.1. The third kappa shape index (κ3) is 3.43. The van der Waals surface area contributed by atoms with E-state index in [0.29, 0.717) is 5.92 Å². The standard InChI is InChI=1S/C14H21N3S/c1-11(2)7-15-8-13-9-16-12(3)17(13)10-14-5-4-6-18-14/h4-6,9,11,15H,7-8,10H2,1-3H3. The van der Waals surface area contributed by atoms with Gasteiger partial charge in [-0.05, 0) is 30.8 Å². The van der Waals surface area contributed by atoms with Gasteiger partial charge in [0.25, 0.3) is 0 Å². The summed E-state index contributed by atoms with van der Waals surface area (Å²) in [5.41, 5.74) is 1.27. The van der Waals surface area contributed by atoms with Crippen molar-refractivity contribution in [2.75, 3.05) is 6.54 Å². The number of aryl methyl sites for hydroxylation is 1. The fourth-order valence-electron chi connectivity index (χ4n) is 1.92. The Morgan fingerprint density at radius 2 is 2.28 bits per heavy atom. The second-order valence-corrected chi connectivity index (χ2v) is 6.02. The summed E-state index contributed by atoms with van der Waals surface area (Å²) in [5, 5.41) is 5.60. The molecule has 0 saturated carbocycles. The molecule has 98 valence electrons. The molecule has 3 nitrogen and oxygen atoms in total. The van der Waals surface area contributed by atoms with Crippen LogP contribution in [0, 0.1) is 12.8 Å². The topological polar surface area (TPSA) is 29.9 Å². The van der Waals surface area contributed by atoms with Crippen LogP contribution in [0.5, 0.6) is 0 Å². The second-order valence-electron chi connectivity index (χ2n) is 4.99. The largest absolute Gasteiger partial charge is 0.326 e. The summed E-state index contributed by atoms with van der Waals surface area (Å²) in [5.74, 6) is 1.77. The predicted octanol–water partition coefficient (Wildman–Crippen LogP) is 3.05. The smallest absolute Gasteiger partial charge is 0.106 e. The highest BCUT2D eigenvalue weighted by Crippen LogP contribution is 2.14. The molecule has 0 amide bonds. The minimum Gasteiger partial charge on any atom is -0.326 e. The predicted molar refractivity (Wildman–Crippen MR) is 76.9 cm³/mol. The van der Waals surface area contributed by atoms with E-state index >= 15 is 0 Å². The molecule has 2 rings (SSSR count). The maximum atomic E-state index is 4.42. The Morgan fingerprint density at radius 3 is 2.94 bits per heavy atom. The van der Waals surface area contributed by atoms with E-state index < -0.39 is 0 Å². The van der Waals surface area contributed by atoms with E-state index in [1.807, 2.05) is 6.20 Å². The summed E-state index contributed by atoms with van der Waals surface area (Å²) < 4.78 is 2.29. The van der Waals surface area contributed by atoms with Crippen molar-refractivity contribution in [2.24, 2.45) is 5.92 Å². The Bertz CT molecular complexity index is 471. The number of imidazole rings is 1. The first-order chi connectivity index (χ1) is 8.66. The number of hydrogen-bond donors (Lipinski definition) is 1. The summed E-state index contributed by atoms with van der Waals surface area (Å²) in [4.78, 5) is 5.80. The van der Waals surface area contributed by atoms with Gasteiger partial charge in [0, 0.05) is 17.6 Å². The minimum absolute atomic E-state index is 0.680. The van der Waals surface area contributed by atoms with Crippen LogP contribution in [0.1, 0.15) is 30.2 Å². The Labute approximate surface area is 113 Å². The van der Waals surface area contributed by atoms with Crippen LogP contribution in [0.25, 0.3) is 0 Å². The number of nitrogens with one attached hydrogen (secondary N) is 1. The van der Waals surface area contributed by atoms with Gasteiger partial charge in [0.1, 0.15) is 5.82 Å². The second kappa shape index (κ2) is 6.16. The van der Waals surface area contributed by atoms with Crippen molar-refractivity contribution in [3.63, 3.8) is 0 Å². The number of nitrogens with zero attached hydrogens (tertiary/aromatic N) is 2. The monoisotopic (exact) mass is 263 g/mol. The number of aromatic nitrogens is 2. The molecule has 0 aliphatic rings. The van der Waals surface area contributed by atoms with Crippen LogP contribution in [0.15, 0.2) is 23.7 Å². The van der Waals surface area contributed by atoms with Gasteiger partial charge in [-0.3, -0.25) is 0 Å². The quantitative estimate of drug-likeness (QED) is 0.868. The molecule has 4 heteroatoms. The van der Waals surface area contributed by atoms with E-state index in [-0.39, 0.29) is 0 Å². The molecule has 2 aromatic rings. The fraction of sp³-hybridized carbons (Fsp3) is 0.500. The first-order valence-electron chi connectivity index (χ1n) is 6.41. The Balaban J connectivity index is 2.02. The molecule has 0 aliphatic carbocycles. The lowest BCUT2D eigenvalue weighted by molar-refractivity contribution is 0.538. The van der Waals surface area contributed by atoms with Crippen LogP contribution in [-0.4, -0.2) is 16.1 Å². The third-order valence-electron chi connectivity index (χ3n) is 2.89. The summed E-state index contributed by atoms with van der Waals surface area (Å²) in [6.07, 6.45) is 1.98. The molecular formula is C14H21N3S. The molecule has 0 atom stereocenters. The number of thiophene rings is 1. The molecule has 0 fully saturated rings. The summed E-state index contributed by atoms with van der Waals surface area (Å²) in [7, 11) is 0. The van der Waals surface area contributed by atoms with Gasteiger partial charge in [-0.25, -0.2) is 4.98 Å². The van der Waals surface area contributed by atoms with Crippen molar-refractivity contribution in [3.8, 4) is 0 Å².